The number of hydrogen-bond donors (Lipinski definition) is 2. The van der Waals surface area contributed by atoms with Crippen LogP contribution in [-0.4, -0.2) is 71.9 Å². The highest BCUT2D eigenvalue weighted by Crippen LogP contribution is 2.21. The zero-order chi connectivity index (χ0) is 22.0. The summed E-state index contributed by atoms with van der Waals surface area (Å²) in [4.78, 5) is 4.31. The molecule has 0 amide bonds. The van der Waals surface area contributed by atoms with Crippen LogP contribution in [-0.2, 0) is 21.3 Å². The maximum Gasteiger partial charge on any atom is 0.211 e. The minimum atomic E-state index is -3.08. The highest BCUT2D eigenvalue weighted by Gasteiger charge is 2.24. The normalized spacial score (nSPS) is 16.5. The highest BCUT2D eigenvalue weighted by atomic mass is 32.2. The number of aliphatic imine (C=N–C) groups is 1. The molecule has 1 aliphatic heterocycles. The maximum absolute atomic E-state index is 11.6. The van der Waals surface area contributed by atoms with Crippen LogP contribution in [0.5, 0.6) is 5.75 Å². The first-order valence-electron chi connectivity index (χ1n) is 10.4. The third kappa shape index (κ3) is 8.12. The molecular formula is C21H36N4O4S. The average Bonchev–Trinajstić information content (AvgIpc) is 2.72. The molecule has 0 unspecified atom stereocenters. The second kappa shape index (κ2) is 12.1. The molecule has 170 valence electrons. The Morgan fingerprint density at radius 2 is 1.97 bits per heavy atom. The van der Waals surface area contributed by atoms with Crippen molar-refractivity contribution in [3.05, 3.63) is 29.3 Å². The van der Waals surface area contributed by atoms with Crippen molar-refractivity contribution in [2.75, 3.05) is 53.3 Å². The van der Waals surface area contributed by atoms with Gasteiger partial charge in [-0.2, -0.15) is 0 Å². The fourth-order valence-electron chi connectivity index (χ4n) is 3.41. The Bertz CT molecular complexity index is 790. The molecular weight excluding hydrogens is 404 g/mol. The van der Waals surface area contributed by atoms with Crippen LogP contribution in [0.25, 0.3) is 0 Å². The van der Waals surface area contributed by atoms with E-state index in [1.165, 1.54) is 6.26 Å². The monoisotopic (exact) mass is 440 g/mol. The van der Waals surface area contributed by atoms with Crippen LogP contribution in [0, 0.1) is 12.8 Å². The topological polar surface area (TPSA) is 92.3 Å². The number of guanidine groups is 1. The molecule has 0 saturated carbocycles. The quantitative estimate of drug-likeness (QED) is 0.327. The number of piperidine rings is 1. The van der Waals surface area contributed by atoms with Crippen LogP contribution < -0.4 is 15.4 Å². The van der Waals surface area contributed by atoms with Crippen molar-refractivity contribution in [3.63, 3.8) is 0 Å². The molecule has 1 fully saturated rings. The van der Waals surface area contributed by atoms with Crippen LogP contribution in [0.3, 0.4) is 0 Å². The lowest BCUT2D eigenvalue weighted by molar-refractivity contribution is 0.171. The summed E-state index contributed by atoms with van der Waals surface area (Å²) in [5, 5.41) is 6.71. The van der Waals surface area contributed by atoms with Gasteiger partial charge >= 0.3 is 0 Å². The smallest absolute Gasteiger partial charge is 0.211 e. The number of rotatable bonds is 10. The van der Waals surface area contributed by atoms with E-state index in [2.05, 4.69) is 40.7 Å². The minimum absolute atomic E-state index is 0.431. The zero-order valence-electron chi connectivity index (χ0n) is 18.6. The minimum Gasteiger partial charge on any atom is -0.493 e. The van der Waals surface area contributed by atoms with Crippen molar-refractivity contribution in [1.29, 1.82) is 0 Å². The standard InChI is InChI=1S/C21H36N4O4S/c1-17-6-7-19(20(14-17)29-13-5-12-28-3)16-24-21(22-2)23-15-18-8-10-25(11-9-18)30(4,26)27/h6-7,14,18H,5,8-13,15-16H2,1-4H3,(H2,22,23,24). The molecule has 1 aromatic carbocycles. The predicted molar refractivity (Wildman–Crippen MR) is 121 cm³/mol. The van der Waals surface area contributed by atoms with Crippen LogP contribution in [0.4, 0.5) is 0 Å². The Balaban J connectivity index is 1.81. The summed E-state index contributed by atoms with van der Waals surface area (Å²) in [6.07, 6.45) is 3.83. The first-order chi connectivity index (χ1) is 14.3. The second-order valence-corrected chi connectivity index (χ2v) is 9.70. The van der Waals surface area contributed by atoms with Gasteiger partial charge in [-0.05, 0) is 37.3 Å². The summed E-state index contributed by atoms with van der Waals surface area (Å²) >= 11 is 0. The van der Waals surface area contributed by atoms with Gasteiger partial charge in [-0.1, -0.05) is 12.1 Å². The Hall–Kier alpha value is -1.84. The van der Waals surface area contributed by atoms with E-state index in [-0.39, 0.29) is 0 Å². The van der Waals surface area contributed by atoms with Crippen molar-refractivity contribution < 1.29 is 17.9 Å². The summed E-state index contributed by atoms with van der Waals surface area (Å²) in [7, 11) is 0.355. The Morgan fingerprint density at radius 1 is 1.23 bits per heavy atom. The molecule has 0 spiro atoms. The molecule has 1 saturated heterocycles. The van der Waals surface area contributed by atoms with Gasteiger partial charge in [-0.15, -0.1) is 0 Å². The van der Waals surface area contributed by atoms with Crippen molar-refractivity contribution in [1.82, 2.24) is 14.9 Å². The van der Waals surface area contributed by atoms with Crippen molar-refractivity contribution in [2.45, 2.75) is 32.7 Å². The van der Waals surface area contributed by atoms with Gasteiger partial charge in [-0.25, -0.2) is 12.7 Å². The Morgan fingerprint density at radius 3 is 2.60 bits per heavy atom. The highest BCUT2D eigenvalue weighted by molar-refractivity contribution is 7.88. The van der Waals surface area contributed by atoms with E-state index < -0.39 is 10.0 Å². The number of nitrogens with zero attached hydrogens (tertiary/aromatic N) is 2. The predicted octanol–water partition coefficient (Wildman–Crippen LogP) is 1.75. The molecule has 0 radical (unpaired) electrons. The third-order valence-corrected chi connectivity index (χ3v) is 6.55. The second-order valence-electron chi connectivity index (χ2n) is 7.72. The molecule has 0 atom stereocenters. The SMILES string of the molecule is CN=C(NCc1ccc(C)cc1OCCCOC)NCC1CCN(S(C)(=O)=O)CC1. The van der Waals surface area contributed by atoms with Gasteiger partial charge in [0.25, 0.3) is 0 Å². The Labute approximate surface area is 181 Å². The van der Waals surface area contributed by atoms with Gasteiger partial charge in [0.05, 0.1) is 12.9 Å². The van der Waals surface area contributed by atoms with Crippen molar-refractivity contribution in [3.8, 4) is 5.75 Å². The van der Waals surface area contributed by atoms with Gasteiger partial charge < -0.3 is 20.1 Å². The van der Waals surface area contributed by atoms with Gasteiger partial charge in [0.2, 0.25) is 10.0 Å². The lowest BCUT2D eigenvalue weighted by atomic mass is 9.98. The molecule has 0 bridgehead atoms. The number of hydrogen-bond acceptors (Lipinski definition) is 5. The number of methoxy groups -OCH3 is 1. The van der Waals surface area contributed by atoms with Gasteiger partial charge in [-0.3, -0.25) is 4.99 Å². The van der Waals surface area contributed by atoms with E-state index in [0.717, 1.165) is 48.6 Å². The largest absolute Gasteiger partial charge is 0.493 e. The average molecular weight is 441 g/mol. The van der Waals surface area contributed by atoms with E-state index in [0.29, 0.717) is 38.8 Å². The number of aryl methyl sites for hydroxylation is 1. The lowest BCUT2D eigenvalue weighted by Gasteiger charge is -2.30. The van der Waals surface area contributed by atoms with Crippen LogP contribution in [0.1, 0.15) is 30.4 Å². The van der Waals surface area contributed by atoms with Gasteiger partial charge in [0.15, 0.2) is 5.96 Å². The molecule has 2 rings (SSSR count). The molecule has 0 aliphatic carbocycles. The number of nitrogens with one attached hydrogen (secondary N) is 2. The van der Waals surface area contributed by atoms with E-state index >= 15 is 0 Å². The van der Waals surface area contributed by atoms with E-state index in [4.69, 9.17) is 9.47 Å². The number of benzene rings is 1. The van der Waals surface area contributed by atoms with E-state index in [9.17, 15) is 8.42 Å². The molecule has 8 nitrogen and oxygen atoms in total. The van der Waals surface area contributed by atoms with Crippen LogP contribution in [0.15, 0.2) is 23.2 Å². The Kier molecular flexibility index (Phi) is 9.87. The fraction of sp³-hybridized carbons (Fsp3) is 0.667. The molecule has 9 heteroatoms. The summed E-state index contributed by atoms with van der Waals surface area (Å²) in [6.45, 7) is 5.89. The summed E-state index contributed by atoms with van der Waals surface area (Å²) in [6, 6.07) is 6.20. The fourth-order valence-corrected chi connectivity index (χ4v) is 4.29. The third-order valence-electron chi connectivity index (χ3n) is 5.24. The first-order valence-corrected chi connectivity index (χ1v) is 12.3. The molecule has 1 aromatic rings. The van der Waals surface area contributed by atoms with E-state index in [1.807, 2.05) is 0 Å². The lowest BCUT2D eigenvalue weighted by Crippen LogP contribution is -2.43. The molecule has 1 aliphatic rings. The molecule has 30 heavy (non-hydrogen) atoms. The number of sulfonamides is 1. The number of ether oxygens (including phenoxy) is 2. The van der Waals surface area contributed by atoms with E-state index in [1.54, 1.807) is 18.5 Å². The van der Waals surface area contributed by atoms with Crippen LogP contribution in [0.2, 0.25) is 0 Å². The summed E-state index contributed by atoms with van der Waals surface area (Å²) < 4.78 is 35.9. The maximum atomic E-state index is 11.6. The first kappa shape index (κ1) is 24.4. The molecule has 1 heterocycles. The van der Waals surface area contributed by atoms with Crippen molar-refractivity contribution >= 4 is 16.0 Å². The van der Waals surface area contributed by atoms with Crippen molar-refractivity contribution in [2.24, 2.45) is 10.9 Å². The summed E-state index contributed by atoms with van der Waals surface area (Å²) in [5.41, 5.74) is 2.23. The molecule has 2 N–H and O–H groups in total. The van der Waals surface area contributed by atoms with Crippen LogP contribution >= 0.6 is 0 Å². The zero-order valence-corrected chi connectivity index (χ0v) is 19.4. The molecule has 0 aromatic heterocycles. The van der Waals surface area contributed by atoms with Gasteiger partial charge in [0, 0.05) is 58.9 Å². The summed E-state index contributed by atoms with van der Waals surface area (Å²) in [5.74, 6) is 2.04. The van der Waals surface area contributed by atoms with Gasteiger partial charge in [0.1, 0.15) is 5.75 Å².